The van der Waals surface area contributed by atoms with Gasteiger partial charge in [-0.05, 0) is 57.7 Å². The van der Waals surface area contributed by atoms with Gasteiger partial charge in [-0.15, -0.1) is 11.3 Å². The van der Waals surface area contributed by atoms with Gasteiger partial charge in [0.2, 0.25) is 0 Å². The average Bonchev–Trinajstić information content (AvgIpc) is 3.05. The Labute approximate surface area is 115 Å². The first-order valence-electron chi connectivity index (χ1n) is 7.18. The minimum absolute atomic E-state index is 0.524. The molecule has 2 atom stereocenters. The number of aryl methyl sites for hydroxylation is 1. The van der Waals surface area contributed by atoms with E-state index in [2.05, 4.69) is 31.4 Å². The van der Waals surface area contributed by atoms with E-state index in [-0.39, 0.29) is 0 Å². The summed E-state index contributed by atoms with van der Waals surface area (Å²) in [6.07, 6.45) is 7.78. The van der Waals surface area contributed by atoms with Gasteiger partial charge in [-0.25, -0.2) is 0 Å². The zero-order valence-corrected chi connectivity index (χ0v) is 12.4. The predicted molar refractivity (Wildman–Crippen MR) is 78.5 cm³/mol. The number of likely N-dealkylation sites (N-methyl/N-ethyl adjacent to an activating group) is 1. The monoisotopic (exact) mass is 267 g/mol. The van der Waals surface area contributed by atoms with E-state index in [0.717, 1.165) is 19.4 Å². The Balaban J connectivity index is 1.77. The van der Waals surface area contributed by atoms with Crippen molar-refractivity contribution in [3.63, 3.8) is 0 Å². The molecule has 0 bridgehead atoms. The number of hydrogen-bond donors (Lipinski definition) is 1. The number of rotatable bonds is 7. The van der Waals surface area contributed by atoms with Crippen LogP contribution in [0.5, 0.6) is 0 Å². The van der Waals surface area contributed by atoms with Gasteiger partial charge >= 0.3 is 0 Å². The van der Waals surface area contributed by atoms with Gasteiger partial charge < -0.3 is 10.1 Å². The topological polar surface area (TPSA) is 21.3 Å². The normalized spacial score (nSPS) is 21.3. The summed E-state index contributed by atoms with van der Waals surface area (Å²) in [5.74, 6) is 0. The van der Waals surface area contributed by atoms with Gasteiger partial charge in [-0.1, -0.05) is 6.92 Å². The molecule has 0 aliphatic carbocycles. The smallest absolute Gasteiger partial charge is 0.0576 e. The molecule has 18 heavy (non-hydrogen) atoms. The van der Waals surface area contributed by atoms with Crippen LogP contribution in [0.3, 0.4) is 0 Å². The van der Waals surface area contributed by atoms with E-state index in [4.69, 9.17) is 4.74 Å². The van der Waals surface area contributed by atoms with Gasteiger partial charge in [0, 0.05) is 22.4 Å². The minimum atomic E-state index is 0.524. The fraction of sp³-hybridized carbons (Fsp3) is 0.733. The van der Waals surface area contributed by atoms with Crippen molar-refractivity contribution in [1.82, 2.24) is 5.32 Å². The summed E-state index contributed by atoms with van der Waals surface area (Å²) in [5, 5.41) is 3.45. The molecule has 2 nitrogen and oxygen atoms in total. The van der Waals surface area contributed by atoms with Gasteiger partial charge in [0.25, 0.3) is 0 Å². The second kappa shape index (κ2) is 7.27. The van der Waals surface area contributed by atoms with Crippen molar-refractivity contribution in [3.05, 3.63) is 21.9 Å². The first-order valence-corrected chi connectivity index (χ1v) is 8.00. The van der Waals surface area contributed by atoms with Crippen molar-refractivity contribution < 1.29 is 4.74 Å². The van der Waals surface area contributed by atoms with Crippen LogP contribution in [0.15, 0.2) is 12.1 Å². The SMILES string of the molecule is CCc1ccc(CC(CCC2CCCO2)NC)s1. The standard InChI is InChI=1S/C15H25NOS/c1-3-14-8-9-15(18-14)11-12(16-2)6-7-13-5-4-10-17-13/h8-9,12-13,16H,3-7,10-11H2,1-2H3. The molecule has 2 rings (SSSR count). The summed E-state index contributed by atoms with van der Waals surface area (Å²) in [6, 6.07) is 5.16. The summed E-state index contributed by atoms with van der Waals surface area (Å²) in [4.78, 5) is 3.01. The zero-order valence-electron chi connectivity index (χ0n) is 11.6. The molecule has 0 radical (unpaired) electrons. The van der Waals surface area contributed by atoms with E-state index in [9.17, 15) is 0 Å². The van der Waals surface area contributed by atoms with Gasteiger partial charge in [0.05, 0.1) is 6.10 Å². The quantitative estimate of drug-likeness (QED) is 0.817. The summed E-state index contributed by atoms with van der Waals surface area (Å²) in [5.41, 5.74) is 0. The van der Waals surface area contributed by atoms with Crippen molar-refractivity contribution >= 4 is 11.3 Å². The third kappa shape index (κ3) is 4.08. The maximum atomic E-state index is 5.69. The highest BCUT2D eigenvalue weighted by molar-refractivity contribution is 7.11. The molecule has 2 unspecified atom stereocenters. The highest BCUT2D eigenvalue weighted by Crippen LogP contribution is 2.22. The van der Waals surface area contributed by atoms with Crippen LogP contribution in [0.25, 0.3) is 0 Å². The maximum absolute atomic E-state index is 5.69. The molecule has 1 saturated heterocycles. The van der Waals surface area contributed by atoms with Crippen molar-refractivity contribution in [2.75, 3.05) is 13.7 Å². The van der Waals surface area contributed by atoms with Crippen molar-refractivity contribution in [2.24, 2.45) is 0 Å². The predicted octanol–water partition coefficient (Wildman–Crippen LogP) is 3.40. The van der Waals surface area contributed by atoms with Crippen molar-refractivity contribution in [2.45, 2.75) is 57.6 Å². The molecular formula is C15H25NOS. The number of thiophene rings is 1. The van der Waals surface area contributed by atoms with Crippen LogP contribution >= 0.6 is 11.3 Å². The molecule has 1 N–H and O–H groups in total. The molecule has 102 valence electrons. The highest BCUT2D eigenvalue weighted by Gasteiger charge is 2.17. The molecule has 3 heteroatoms. The van der Waals surface area contributed by atoms with Gasteiger partial charge in [-0.2, -0.15) is 0 Å². The van der Waals surface area contributed by atoms with E-state index in [1.807, 2.05) is 11.3 Å². The lowest BCUT2D eigenvalue weighted by Gasteiger charge is -2.17. The number of nitrogens with one attached hydrogen (secondary N) is 1. The molecule has 0 aromatic carbocycles. The molecule has 0 spiro atoms. The highest BCUT2D eigenvalue weighted by atomic mass is 32.1. The number of ether oxygens (including phenoxy) is 1. The molecule has 0 saturated carbocycles. The molecule has 1 fully saturated rings. The lowest BCUT2D eigenvalue weighted by Crippen LogP contribution is -2.28. The fourth-order valence-corrected chi connectivity index (χ4v) is 3.61. The van der Waals surface area contributed by atoms with Crippen molar-refractivity contribution in [1.29, 1.82) is 0 Å². The Morgan fingerprint density at radius 1 is 1.44 bits per heavy atom. The van der Waals surface area contributed by atoms with Gasteiger partial charge in [-0.3, -0.25) is 0 Å². The second-order valence-electron chi connectivity index (χ2n) is 5.12. The molecule has 2 heterocycles. The third-order valence-corrected chi connectivity index (χ3v) is 5.03. The average molecular weight is 267 g/mol. The summed E-state index contributed by atoms with van der Waals surface area (Å²) in [7, 11) is 2.08. The van der Waals surface area contributed by atoms with Crippen LogP contribution in [0.2, 0.25) is 0 Å². The third-order valence-electron chi connectivity index (χ3n) is 3.78. The van der Waals surface area contributed by atoms with E-state index in [1.54, 1.807) is 0 Å². The summed E-state index contributed by atoms with van der Waals surface area (Å²) in [6.45, 7) is 3.20. The largest absolute Gasteiger partial charge is 0.378 e. The van der Waals surface area contributed by atoms with Crippen molar-refractivity contribution in [3.8, 4) is 0 Å². The summed E-state index contributed by atoms with van der Waals surface area (Å²) >= 11 is 1.96. The molecule has 1 aliphatic rings. The van der Waals surface area contributed by atoms with Crippen LogP contribution in [-0.2, 0) is 17.6 Å². The Hall–Kier alpha value is -0.380. The Morgan fingerprint density at radius 3 is 2.89 bits per heavy atom. The van der Waals surface area contributed by atoms with Gasteiger partial charge in [0.1, 0.15) is 0 Å². The Morgan fingerprint density at radius 2 is 2.28 bits per heavy atom. The van der Waals surface area contributed by atoms with Crippen LogP contribution in [-0.4, -0.2) is 25.8 Å². The van der Waals surface area contributed by atoms with E-state index < -0.39 is 0 Å². The Bertz CT molecular complexity index is 344. The van der Waals surface area contributed by atoms with E-state index >= 15 is 0 Å². The minimum Gasteiger partial charge on any atom is -0.378 e. The first kappa shape index (κ1) is 14.0. The van der Waals surface area contributed by atoms with E-state index in [0.29, 0.717) is 12.1 Å². The molecule has 1 aromatic heterocycles. The molecular weight excluding hydrogens is 242 g/mol. The lowest BCUT2D eigenvalue weighted by molar-refractivity contribution is 0.0998. The molecule has 0 amide bonds. The Kier molecular flexibility index (Phi) is 5.67. The lowest BCUT2D eigenvalue weighted by atomic mass is 10.0. The molecule has 1 aliphatic heterocycles. The van der Waals surface area contributed by atoms with E-state index in [1.165, 1.54) is 35.4 Å². The van der Waals surface area contributed by atoms with Crippen LogP contribution in [0.4, 0.5) is 0 Å². The van der Waals surface area contributed by atoms with Gasteiger partial charge in [0.15, 0.2) is 0 Å². The summed E-state index contributed by atoms with van der Waals surface area (Å²) < 4.78 is 5.69. The van der Waals surface area contributed by atoms with Crippen LogP contribution in [0.1, 0.15) is 42.4 Å². The maximum Gasteiger partial charge on any atom is 0.0576 e. The van der Waals surface area contributed by atoms with Crippen LogP contribution < -0.4 is 5.32 Å². The molecule has 1 aromatic rings. The van der Waals surface area contributed by atoms with Crippen LogP contribution in [0, 0.1) is 0 Å². The number of hydrogen-bond acceptors (Lipinski definition) is 3. The first-order chi connectivity index (χ1) is 8.81. The second-order valence-corrected chi connectivity index (χ2v) is 6.38. The fourth-order valence-electron chi connectivity index (χ4n) is 2.57. The zero-order chi connectivity index (χ0) is 12.8.